The Morgan fingerprint density at radius 1 is 1.16 bits per heavy atom. The molecule has 0 bridgehead atoms. The first-order chi connectivity index (χ1) is 21.0. The van der Waals surface area contributed by atoms with Crippen molar-refractivity contribution < 1.29 is 23.7 Å². The van der Waals surface area contributed by atoms with Gasteiger partial charge in [-0.25, -0.2) is 4.79 Å². The molecule has 1 aliphatic carbocycles. The van der Waals surface area contributed by atoms with Gasteiger partial charge in [0.25, 0.3) is 5.69 Å². The Balaban J connectivity index is 1.53. The van der Waals surface area contributed by atoms with Crippen LogP contribution in [-0.2, 0) is 24.3 Å². The number of carbonyl (C=O) groups excluding carboxylic acids is 1. The van der Waals surface area contributed by atoms with Gasteiger partial charge in [0, 0.05) is 53.2 Å². The van der Waals surface area contributed by atoms with Gasteiger partial charge in [0.1, 0.15) is 27.8 Å². The summed E-state index contributed by atoms with van der Waals surface area (Å²) in [5, 5.41) is 11.6. The van der Waals surface area contributed by atoms with E-state index in [0.717, 1.165) is 12.8 Å². The van der Waals surface area contributed by atoms with Crippen molar-refractivity contribution >= 4 is 57.6 Å². The van der Waals surface area contributed by atoms with Gasteiger partial charge < -0.3 is 25.5 Å². The number of aromatic nitrogens is 2. The molecular weight excluding hydrogens is 633 g/mol. The second-order valence-electron chi connectivity index (χ2n) is 10.7. The first kappa shape index (κ1) is 32.0. The number of nitro benzene ring substituents is 1. The fourth-order valence-corrected chi connectivity index (χ4v) is 6.45. The molecular formula is C28H31Cl2N7O6S. The molecule has 2 aromatic carbocycles. The number of methoxy groups -OCH3 is 1. The highest BCUT2D eigenvalue weighted by Gasteiger charge is 2.38. The number of nitrogens with two attached hydrogens (primary N) is 2. The maximum absolute atomic E-state index is 14.2. The Hall–Kier alpha value is -3.40. The number of carbonyl (C=O) groups is 1. The number of hydrogen-bond donors (Lipinski definition) is 2. The number of non-ortho nitro benzene ring substituents is 1. The summed E-state index contributed by atoms with van der Waals surface area (Å²) in [5.41, 5.74) is 13.2. The lowest BCUT2D eigenvalue weighted by molar-refractivity contribution is -0.384. The van der Waals surface area contributed by atoms with Gasteiger partial charge in [-0.3, -0.25) is 19.9 Å². The van der Waals surface area contributed by atoms with Crippen LogP contribution in [0.25, 0.3) is 0 Å². The number of halogens is 2. The zero-order valence-corrected chi connectivity index (χ0v) is 26.3. The fraction of sp³-hybridized carbons (Fsp3) is 0.393. The summed E-state index contributed by atoms with van der Waals surface area (Å²) >= 11 is 12.1. The van der Waals surface area contributed by atoms with Crippen LogP contribution in [0, 0.1) is 16.0 Å². The van der Waals surface area contributed by atoms with Crippen LogP contribution in [0.5, 0.6) is 11.5 Å². The van der Waals surface area contributed by atoms with Gasteiger partial charge in [-0.1, -0.05) is 35.3 Å². The smallest absolute Gasteiger partial charge is 0.344 e. The Bertz CT molecular complexity index is 1580. The predicted octanol–water partition coefficient (Wildman–Crippen LogP) is 4.42. The summed E-state index contributed by atoms with van der Waals surface area (Å²) in [4.78, 5) is 36.4. The number of anilines is 2. The average molecular weight is 665 g/mol. The van der Waals surface area contributed by atoms with E-state index < -0.39 is 22.1 Å². The Morgan fingerprint density at radius 3 is 2.59 bits per heavy atom. The Labute approximate surface area is 266 Å². The Morgan fingerprint density at radius 2 is 1.91 bits per heavy atom. The molecule has 0 radical (unpaired) electrons. The van der Waals surface area contributed by atoms with Gasteiger partial charge in [-0.05, 0) is 30.7 Å². The van der Waals surface area contributed by atoms with E-state index in [9.17, 15) is 19.5 Å². The van der Waals surface area contributed by atoms with Crippen LogP contribution >= 0.6 is 23.2 Å². The van der Waals surface area contributed by atoms with Crippen molar-refractivity contribution in [2.45, 2.75) is 49.6 Å². The molecule has 44 heavy (non-hydrogen) atoms. The number of benzene rings is 2. The summed E-state index contributed by atoms with van der Waals surface area (Å²) < 4.78 is 23.9. The predicted molar refractivity (Wildman–Crippen MR) is 167 cm³/mol. The van der Waals surface area contributed by atoms with E-state index in [2.05, 4.69) is 9.97 Å². The van der Waals surface area contributed by atoms with Gasteiger partial charge in [-0.15, -0.1) is 0 Å². The number of hydrogen-bond acceptors (Lipinski definition) is 10. The summed E-state index contributed by atoms with van der Waals surface area (Å²) in [6.45, 7) is 0.200. The van der Waals surface area contributed by atoms with Crippen molar-refractivity contribution in [3.63, 3.8) is 0 Å². The van der Waals surface area contributed by atoms with Crippen LogP contribution in [0.2, 0.25) is 10.0 Å². The van der Waals surface area contributed by atoms with Crippen LogP contribution < -0.4 is 30.7 Å². The maximum Gasteiger partial charge on any atom is 0.344 e. The van der Waals surface area contributed by atoms with Crippen molar-refractivity contribution in [2.75, 3.05) is 29.8 Å². The van der Waals surface area contributed by atoms with Crippen molar-refractivity contribution in [1.82, 2.24) is 9.97 Å². The number of ether oxygens (including phenoxy) is 2. The number of nitrogens with zero attached hydrogens (tertiary/aromatic N) is 5. The molecule has 1 aliphatic heterocycles. The molecule has 13 nitrogen and oxygen atoms in total. The molecule has 1 saturated carbocycles. The van der Waals surface area contributed by atoms with E-state index in [-0.39, 0.29) is 75.0 Å². The van der Waals surface area contributed by atoms with E-state index in [4.69, 9.17) is 44.1 Å². The molecule has 0 spiro atoms. The summed E-state index contributed by atoms with van der Waals surface area (Å²) in [6.07, 6.45) is 5.25. The van der Waals surface area contributed by atoms with E-state index in [0.29, 0.717) is 24.2 Å². The fourth-order valence-electron chi connectivity index (χ4n) is 5.35. The van der Waals surface area contributed by atoms with Gasteiger partial charge >= 0.3 is 11.2 Å². The van der Waals surface area contributed by atoms with E-state index in [1.807, 2.05) is 0 Å². The minimum Gasteiger partial charge on any atom is -0.609 e. The quantitative estimate of drug-likeness (QED) is 0.144. The minimum absolute atomic E-state index is 0.0301. The number of urea groups is 1. The van der Waals surface area contributed by atoms with E-state index in [1.54, 1.807) is 12.1 Å². The lowest BCUT2D eigenvalue weighted by Crippen LogP contribution is -2.48. The molecule has 1 fully saturated rings. The molecule has 0 saturated heterocycles. The summed E-state index contributed by atoms with van der Waals surface area (Å²) in [5.74, 6) is 0.884. The zero-order valence-electron chi connectivity index (χ0n) is 23.9. The lowest BCUT2D eigenvalue weighted by Gasteiger charge is -2.37. The molecule has 5 rings (SSSR count). The molecule has 234 valence electrons. The zero-order chi connectivity index (χ0) is 31.7. The summed E-state index contributed by atoms with van der Waals surface area (Å²) in [6, 6.07) is 6.72. The van der Waals surface area contributed by atoms with Crippen molar-refractivity contribution in [3.05, 3.63) is 67.8 Å². The van der Waals surface area contributed by atoms with Gasteiger partial charge in [0.15, 0.2) is 5.82 Å². The van der Waals surface area contributed by atoms with Crippen molar-refractivity contribution in [2.24, 2.45) is 17.4 Å². The highest BCUT2D eigenvalue weighted by molar-refractivity contribution is 7.90. The highest BCUT2D eigenvalue weighted by atomic mass is 35.5. The molecule has 4 atom stereocenters. The van der Waals surface area contributed by atoms with Crippen molar-refractivity contribution in [1.29, 1.82) is 0 Å². The minimum atomic E-state index is -1.53. The third kappa shape index (κ3) is 6.50. The van der Waals surface area contributed by atoms with Crippen LogP contribution in [0.3, 0.4) is 0 Å². The van der Waals surface area contributed by atoms with E-state index in [1.165, 1.54) is 47.6 Å². The second-order valence-corrected chi connectivity index (χ2v) is 12.7. The molecule has 2 heterocycles. The monoisotopic (exact) mass is 663 g/mol. The number of rotatable bonds is 9. The first-order valence-electron chi connectivity index (χ1n) is 13.7. The van der Waals surface area contributed by atoms with Crippen LogP contribution in [0.1, 0.15) is 30.4 Å². The topological polar surface area (TPSA) is 186 Å². The number of amides is 2. The molecule has 3 aromatic rings. The van der Waals surface area contributed by atoms with Gasteiger partial charge in [0.2, 0.25) is 0 Å². The number of nitro groups is 1. The average Bonchev–Trinajstić information content (AvgIpc) is 3.00. The van der Waals surface area contributed by atoms with Crippen LogP contribution in [-0.4, -0.2) is 57.5 Å². The molecule has 4 unspecified atom stereocenters. The highest BCUT2D eigenvalue weighted by Crippen LogP contribution is 2.48. The molecule has 1 aromatic heterocycles. The Kier molecular flexibility index (Phi) is 9.68. The van der Waals surface area contributed by atoms with Gasteiger partial charge in [-0.2, -0.15) is 9.97 Å². The summed E-state index contributed by atoms with van der Waals surface area (Å²) in [7, 11) is 1.44. The first-order valence-corrected chi connectivity index (χ1v) is 16.0. The van der Waals surface area contributed by atoms with Gasteiger partial charge in [0.05, 0.1) is 37.4 Å². The SMILES string of the molecule is COc1cc(OCC2CCC(N)C(N)C2)c(Cl)c(N2Cc3cnc([S+](C)[O-])nc3N(Cc3cccc([N+](=O)[O-])c3)C2=O)c1Cl. The lowest BCUT2D eigenvalue weighted by atomic mass is 9.83. The largest absolute Gasteiger partial charge is 0.609 e. The standard InChI is InChI=1S/C28H31Cl2N7O6S/c1-42-21-10-22(43-14-16-6-7-19(31)20(32)9-16)24(30)25(23(21)29)35-13-17-11-33-27(44(2)41)34-26(17)36(28(35)38)12-15-4-3-5-18(8-15)37(39)40/h3-5,8,10-11,16,19-20H,6-7,9,12-14,31-32H2,1-2H3. The van der Waals surface area contributed by atoms with Crippen LogP contribution in [0.15, 0.2) is 41.7 Å². The van der Waals surface area contributed by atoms with Crippen molar-refractivity contribution in [3.8, 4) is 11.5 Å². The molecule has 16 heteroatoms. The molecule has 2 aliphatic rings. The number of fused-ring (bicyclic) bond motifs is 1. The molecule has 2 amide bonds. The maximum atomic E-state index is 14.2. The molecule has 4 N–H and O–H groups in total. The second kappa shape index (κ2) is 13.3. The van der Waals surface area contributed by atoms with E-state index >= 15 is 0 Å². The normalized spacial score (nSPS) is 20.7. The third-order valence-corrected chi connectivity index (χ3v) is 9.16. The van der Waals surface area contributed by atoms with Crippen LogP contribution in [0.4, 0.5) is 22.0 Å². The third-order valence-electron chi connectivity index (χ3n) is 7.72.